The second kappa shape index (κ2) is 8.72. The van der Waals surface area contributed by atoms with E-state index in [-0.39, 0.29) is 24.9 Å². The molecule has 0 unspecified atom stereocenters. The van der Waals surface area contributed by atoms with Crippen LogP contribution in [0.3, 0.4) is 0 Å². The Morgan fingerprint density at radius 2 is 1.62 bits per heavy atom. The third kappa shape index (κ3) is 5.12. The van der Waals surface area contributed by atoms with Crippen molar-refractivity contribution in [1.29, 1.82) is 0 Å². The van der Waals surface area contributed by atoms with E-state index in [9.17, 15) is 9.59 Å². The minimum Gasteiger partial charge on any atom is -0.365 e. The highest BCUT2D eigenvalue weighted by Crippen LogP contribution is 2.15. The molecule has 2 aromatic rings. The summed E-state index contributed by atoms with van der Waals surface area (Å²) in [5.41, 5.74) is 2.82. The summed E-state index contributed by atoms with van der Waals surface area (Å²) in [7, 11) is 1.84. The summed E-state index contributed by atoms with van der Waals surface area (Å²) >= 11 is 0. The number of aryl methyl sites for hydroxylation is 1. The highest BCUT2D eigenvalue weighted by molar-refractivity contribution is 5.95. The molecule has 2 aromatic carbocycles. The van der Waals surface area contributed by atoms with Crippen molar-refractivity contribution in [3.8, 4) is 0 Å². The Morgan fingerprint density at radius 3 is 2.33 bits per heavy atom. The second-order valence-corrected chi connectivity index (χ2v) is 5.53. The Balaban J connectivity index is 1.80. The normalized spacial score (nSPS) is 10.1. The molecule has 0 heterocycles. The first-order valence-electron chi connectivity index (χ1n) is 8.00. The van der Waals surface area contributed by atoms with Crippen LogP contribution in [0.5, 0.6) is 0 Å². The van der Waals surface area contributed by atoms with E-state index in [0.717, 1.165) is 23.4 Å². The third-order valence-corrected chi connectivity index (χ3v) is 3.70. The van der Waals surface area contributed by atoms with Crippen LogP contribution in [0.1, 0.15) is 12.5 Å². The van der Waals surface area contributed by atoms with E-state index in [1.54, 1.807) is 0 Å². The number of hydrogen-bond donors (Lipinski definition) is 2. The van der Waals surface area contributed by atoms with Crippen LogP contribution in [0.4, 0.5) is 11.4 Å². The first-order valence-corrected chi connectivity index (χ1v) is 8.00. The quantitative estimate of drug-likeness (QED) is 0.822. The van der Waals surface area contributed by atoms with E-state index in [2.05, 4.69) is 10.6 Å². The van der Waals surface area contributed by atoms with Crippen LogP contribution in [-0.2, 0) is 16.0 Å². The maximum absolute atomic E-state index is 12.0. The molecule has 5 heteroatoms. The monoisotopic (exact) mass is 325 g/mol. The molecule has 0 spiro atoms. The number of para-hydroxylation sites is 2. The van der Waals surface area contributed by atoms with Gasteiger partial charge in [-0.05, 0) is 30.2 Å². The third-order valence-electron chi connectivity index (χ3n) is 3.70. The zero-order valence-electron chi connectivity index (χ0n) is 14.1. The lowest BCUT2D eigenvalue weighted by molar-refractivity contribution is -0.123. The summed E-state index contributed by atoms with van der Waals surface area (Å²) in [6.07, 6.45) is 0.838. The van der Waals surface area contributed by atoms with Crippen LogP contribution >= 0.6 is 0 Å². The van der Waals surface area contributed by atoms with Crippen molar-refractivity contribution >= 4 is 23.2 Å². The molecule has 0 fully saturated rings. The van der Waals surface area contributed by atoms with Crippen molar-refractivity contribution < 1.29 is 9.59 Å². The van der Waals surface area contributed by atoms with Gasteiger partial charge in [-0.25, -0.2) is 0 Å². The molecule has 0 aliphatic carbocycles. The largest absolute Gasteiger partial charge is 0.365 e. The molecule has 2 rings (SSSR count). The van der Waals surface area contributed by atoms with E-state index in [1.165, 1.54) is 0 Å². The number of amides is 2. The molecular weight excluding hydrogens is 302 g/mol. The van der Waals surface area contributed by atoms with Gasteiger partial charge < -0.3 is 15.5 Å². The highest BCUT2D eigenvalue weighted by Gasteiger charge is 2.10. The number of nitrogens with zero attached hydrogens (tertiary/aromatic N) is 1. The molecule has 0 aliphatic rings. The van der Waals surface area contributed by atoms with Crippen molar-refractivity contribution in [2.75, 3.05) is 30.4 Å². The number of rotatable bonds is 7. The second-order valence-electron chi connectivity index (χ2n) is 5.53. The minimum atomic E-state index is -0.230. The molecule has 0 atom stereocenters. The Labute approximate surface area is 142 Å². The zero-order valence-corrected chi connectivity index (χ0v) is 14.1. The van der Waals surface area contributed by atoms with Gasteiger partial charge in [0.2, 0.25) is 11.8 Å². The average molecular weight is 325 g/mol. The summed E-state index contributed by atoms with van der Waals surface area (Å²) in [5.74, 6) is -0.424. The van der Waals surface area contributed by atoms with Gasteiger partial charge in [0.05, 0.1) is 13.1 Å². The molecule has 0 saturated carbocycles. The molecule has 0 bridgehead atoms. The first kappa shape index (κ1) is 17.5. The number of likely N-dealkylation sites (N-methyl/N-ethyl adjacent to an activating group) is 1. The van der Waals surface area contributed by atoms with Gasteiger partial charge in [0, 0.05) is 18.4 Å². The average Bonchev–Trinajstić information content (AvgIpc) is 2.61. The Morgan fingerprint density at radius 1 is 0.958 bits per heavy atom. The predicted molar refractivity (Wildman–Crippen MR) is 97.2 cm³/mol. The van der Waals surface area contributed by atoms with Gasteiger partial charge in [-0.2, -0.15) is 0 Å². The number of nitrogens with one attached hydrogen (secondary N) is 2. The molecule has 24 heavy (non-hydrogen) atoms. The summed E-state index contributed by atoms with van der Waals surface area (Å²) in [6.45, 7) is 2.19. The Kier molecular flexibility index (Phi) is 6.37. The van der Waals surface area contributed by atoms with Crippen molar-refractivity contribution in [3.63, 3.8) is 0 Å². The molecule has 0 radical (unpaired) electrons. The summed E-state index contributed by atoms with van der Waals surface area (Å²) in [6, 6.07) is 17.3. The topological polar surface area (TPSA) is 61.4 Å². The molecule has 0 saturated heterocycles. The molecule has 0 aromatic heterocycles. The predicted octanol–water partition coefficient (Wildman–Crippen LogP) is 2.44. The van der Waals surface area contributed by atoms with Gasteiger partial charge in [0.15, 0.2) is 0 Å². The van der Waals surface area contributed by atoms with Gasteiger partial charge >= 0.3 is 0 Å². The van der Waals surface area contributed by atoms with Crippen LogP contribution < -0.4 is 15.5 Å². The number of anilines is 2. The lowest BCUT2D eigenvalue weighted by atomic mass is 10.1. The van der Waals surface area contributed by atoms with Gasteiger partial charge in [-0.3, -0.25) is 9.59 Å². The first-order chi connectivity index (χ1) is 11.6. The van der Waals surface area contributed by atoms with E-state index in [4.69, 9.17) is 0 Å². The van der Waals surface area contributed by atoms with Crippen molar-refractivity contribution in [2.45, 2.75) is 13.3 Å². The van der Waals surface area contributed by atoms with E-state index in [0.29, 0.717) is 0 Å². The van der Waals surface area contributed by atoms with Gasteiger partial charge in [-0.1, -0.05) is 43.3 Å². The standard InChI is InChI=1S/C19H23N3O2/c1-3-15-9-7-8-12-17(15)21-18(23)13-20-19(24)14-22(2)16-10-5-4-6-11-16/h4-12H,3,13-14H2,1-2H3,(H,20,24)(H,21,23). The van der Waals surface area contributed by atoms with Crippen LogP contribution in [0.2, 0.25) is 0 Å². The van der Waals surface area contributed by atoms with E-state index in [1.807, 2.05) is 73.5 Å². The molecule has 2 amide bonds. The molecular formula is C19H23N3O2. The number of hydrogen-bond acceptors (Lipinski definition) is 3. The van der Waals surface area contributed by atoms with Crippen molar-refractivity contribution in [1.82, 2.24) is 5.32 Å². The molecule has 5 nitrogen and oxygen atoms in total. The van der Waals surface area contributed by atoms with Gasteiger partial charge in [0.25, 0.3) is 0 Å². The van der Waals surface area contributed by atoms with E-state index < -0.39 is 0 Å². The fourth-order valence-corrected chi connectivity index (χ4v) is 2.37. The van der Waals surface area contributed by atoms with Gasteiger partial charge in [0.1, 0.15) is 0 Å². The van der Waals surface area contributed by atoms with Crippen LogP contribution in [0.15, 0.2) is 54.6 Å². The maximum atomic E-state index is 12.0. The van der Waals surface area contributed by atoms with E-state index >= 15 is 0 Å². The van der Waals surface area contributed by atoms with Gasteiger partial charge in [-0.15, -0.1) is 0 Å². The number of carbonyl (C=O) groups excluding carboxylic acids is 2. The van der Waals surface area contributed by atoms with Crippen molar-refractivity contribution in [3.05, 3.63) is 60.2 Å². The molecule has 0 aliphatic heterocycles. The lowest BCUT2D eigenvalue weighted by Gasteiger charge is -2.18. The smallest absolute Gasteiger partial charge is 0.243 e. The number of carbonyl (C=O) groups is 2. The highest BCUT2D eigenvalue weighted by atomic mass is 16.2. The summed E-state index contributed by atoms with van der Waals surface area (Å²) in [4.78, 5) is 25.8. The Hall–Kier alpha value is -2.82. The van der Waals surface area contributed by atoms with Crippen LogP contribution in [0.25, 0.3) is 0 Å². The van der Waals surface area contributed by atoms with Crippen LogP contribution in [0, 0.1) is 0 Å². The lowest BCUT2D eigenvalue weighted by Crippen LogP contribution is -2.39. The molecule has 126 valence electrons. The fraction of sp³-hybridized carbons (Fsp3) is 0.263. The Bertz CT molecular complexity index is 686. The summed E-state index contributed by atoms with van der Waals surface area (Å²) < 4.78 is 0. The minimum absolute atomic E-state index is 0.0422. The number of benzene rings is 2. The molecule has 2 N–H and O–H groups in total. The zero-order chi connectivity index (χ0) is 17.4. The SMILES string of the molecule is CCc1ccccc1NC(=O)CNC(=O)CN(C)c1ccccc1. The van der Waals surface area contributed by atoms with Crippen molar-refractivity contribution in [2.24, 2.45) is 0 Å². The maximum Gasteiger partial charge on any atom is 0.243 e. The summed E-state index contributed by atoms with van der Waals surface area (Å²) in [5, 5.41) is 5.48. The van der Waals surface area contributed by atoms with Crippen LogP contribution in [-0.4, -0.2) is 32.0 Å². The fourth-order valence-electron chi connectivity index (χ4n) is 2.37.